The largest absolute Gasteiger partial charge is 0.482 e. The molecule has 0 fully saturated rings. The molecule has 1 amide bonds. The van der Waals surface area contributed by atoms with Gasteiger partial charge in [-0.25, -0.2) is 0 Å². The summed E-state index contributed by atoms with van der Waals surface area (Å²) in [5.74, 6) is 0.730. The molecule has 3 nitrogen and oxygen atoms in total. The summed E-state index contributed by atoms with van der Waals surface area (Å²) in [6, 6.07) is 3.87. The lowest BCUT2D eigenvalue weighted by atomic mass is 10.2. The monoisotopic (exact) mass is 377 g/mol. The van der Waals surface area contributed by atoms with E-state index in [4.69, 9.17) is 4.74 Å². The average molecular weight is 379 g/mol. The first kappa shape index (κ1) is 15.5. The van der Waals surface area contributed by atoms with E-state index in [-0.39, 0.29) is 12.5 Å². The van der Waals surface area contributed by atoms with Gasteiger partial charge in [0.2, 0.25) is 0 Å². The zero-order chi connectivity index (χ0) is 13.7. The highest BCUT2D eigenvalue weighted by Crippen LogP contribution is 2.32. The molecule has 0 bridgehead atoms. The normalized spacial score (nSPS) is 10.3. The van der Waals surface area contributed by atoms with Gasteiger partial charge in [-0.1, -0.05) is 15.9 Å². The molecule has 5 heteroatoms. The summed E-state index contributed by atoms with van der Waals surface area (Å²) in [4.78, 5) is 13.6. The van der Waals surface area contributed by atoms with Crippen molar-refractivity contribution in [3.63, 3.8) is 0 Å². The van der Waals surface area contributed by atoms with Crippen molar-refractivity contribution in [1.29, 1.82) is 0 Å². The second kappa shape index (κ2) is 7.14. The maximum atomic E-state index is 11.8. The predicted octanol–water partition coefficient (Wildman–Crippen LogP) is 3.77. The molecule has 0 aliphatic rings. The number of hydrogen-bond acceptors (Lipinski definition) is 2. The molecule has 0 heterocycles. The van der Waals surface area contributed by atoms with Crippen molar-refractivity contribution in [1.82, 2.24) is 4.90 Å². The van der Waals surface area contributed by atoms with Crippen LogP contribution in [-0.2, 0) is 4.79 Å². The van der Waals surface area contributed by atoms with Gasteiger partial charge in [0.25, 0.3) is 5.91 Å². The minimum Gasteiger partial charge on any atom is -0.482 e. The molecule has 0 radical (unpaired) electrons. The Labute approximate surface area is 125 Å². The van der Waals surface area contributed by atoms with Crippen LogP contribution in [0.2, 0.25) is 0 Å². The molecular formula is C13H17Br2NO2. The Morgan fingerprint density at radius 2 is 1.89 bits per heavy atom. The van der Waals surface area contributed by atoms with E-state index in [2.05, 4.69) is 31.9 Å². The van der Waals surface area contributed by atoms with Gasteiger partial charge in [0, 0.05) is 17.6 Å². The van der Waals surface area contributed by atoms with Crippen LogP contribution in [0.1, 0.15) is 19.4 Å². The number of likely N-dealkylation sites (N-methyl/N-ethyl adjacent to an activating group) is 1. The lowest BCUT2D eigenvalue weighted by Crippen LogP contribution is -2.34. The number of ether oxygens (including phenoxy) is 1. The molecule has 0 aliphatic heterocycles. The Kier molecular flexibility index (Phi) is 6.15. The van der Waals surface area contributed by atoms with E-state index < -0.39 is 0 Å². The van der Waals surface area contributed by atoms with Gasteiger partial charge in [0.1, 0.15) is 5.75 Å². The van der Waals surface area contributed by atoms with Crippen LogP contribution in [0.5, 0.6) is 5.75 Å². The fourth-order valence-corrected chi connectivity index (χ4v) is 3.23. The second-order valence-corrected chi connectivity index (χ2v) is 5.66. The van der Waals surface area contributed by atoms with Gasteiger partial charge in [0.05, 0.1) is 4.47 Å². The van der Waals surface area contributed by atoms with Crippen molar-refractivity contribution in [3.05, 3.63) is 26.6 Å². The standard InChI is InChI=1S/C13H17Br2NO2/c1-4-16(5-2)12(17)8-18-13-9(3)6-10(14)7-11(13)15/h6-7H,4-5,8H2,1-3H3. The molecule has 0 aliphatic carbocycles. The maximum absolute atomic E-state index is 11.8. The van der Waals surface area contributed by atoms with Gasteiger partial charge >= 0.3 is 0 Å². The summed E-state index contributed by atoms with van der Waals surface area (Å²) in [5, 5.41) is 0. The van der Waals surface area contributed by atoms with Gasteiger partial charge in [-0.3, -0.25) is 4.79 Å². The Morgan fingerprint density at radius 3 is 2.39 bits per heavy atom. The van der Waals surface area contributed by atoms with Crippen LogP contribution in [0.4, 0.5) is 0 Å². The molecule has 0 saturated carbocycles. The van der Waals surface area contributed by atoms with Gasteiger partial charge in [-0.15, -0.1) is 0 Å². The molecule has 0 saturated heterocycles. The van der Waals surface area contributed by atoms with Crippen molar-refractivity contribution >= 4 is 37.8 Å². The number of carbonyl (C=O) groups excluding carboxylic acids is 1. The van der Waals surface area contributed by atoms with E-state index in [0.717, 1.165) is 20.3 Å². The fourth-order valence-electron chi connectivity index (χ4n) is 1.67. The molecule has 0 atom stereocenters. The number of halogens is 2. The summed E-state index contributed by atoms with van der Waals surface area (Å²) in [6.45, 7) is 7.36. The van der Waals surface area contributed by atoms with Crippen molar-refractivity contribution in [3.8, 4) is 5.75 Å². The zero-order valence-electron chi connectivity index (χ0n) is 10.8. The molecule has 0 spiro atoms. The van der Waals surface area contributed by atoms with Crippen molar-refractivity contribution in [2.45, 2.75) is 20.8 Å². The minimum absolute atomic E-state index is 0.00854. The first-order valence-electron chi connectivity index (χ1n) is 5.85. The van der Waals surface area contributed by atoms with E-state index in [1.165, 1.54) is 0 Å². The Hall–Kier alpha value is -0.550. The van der Waals surface area contributed by atoms with Crippen LogP contribution < -0.4 is 4.74 Å². The first-order chi connectivity index (χ1) is 8.49. The minimum atomic E-state index is 0.00854. The zero-order valence-corrected chi connectivity index (χ0v) is 14.0. The van der Waals surface area contributed by atoms with Crippen LogP contribution in [0.25, 0.3) is 0 Å². The molecule has 18 heavy (non-hydrogen) atoms. The number of rotatable bonds is 5. The molecule has 0 N–H and O–H groups in total. The summed E-state index contributed by atoms with van der Waals surface area (Å²) in [5.41, 5.74) is 0.989. The first-order valence-corrected chi connectivity index (χ1v) is 7.44. The van der Waals surface area contributed by atoms with Crippen LogP contribution in [0, 0.1) is 6.92 Å². The molecule has 0 unspecified atom stereocenters. The second-order valence-electron chi connectivity index (χ2n) is 3.89. The van der Waals surface area contributed by atoms with Crippen LogP contribution in [0.15, 0.2) is 21.1 Å². The van der Waals surface area contributed by atoms with E-state index in [1.807, 2.05) is 32.9 Å². The SMILES string of the molecule is CCN(CC)C(=O)COc1c(C)cc(Br)cc1Br. The third-order valence-corrected chi connectivity index (χ3v) is 3.70. The average Bonchev–Trinajstić information content (AvgIpc) is 2.29. The number of aryl methyl sites for hydroxylation is 1. The highest BCUT2D eigenvalue weighted by molar-refractivity contribution is 9.11. The van der Waals surface area contributed by atoms with Gasteiger partial charge in [-0.05, 0) is 54.4 Å². The summed E-state index contributed by atoms with van der Waals surface area (Å²) in [6.07, 6.45) is 0. The van der Waals surface area contributed by atoms with Crippen LogP contribution in [0.3, 0.4) is 0 Å². The summed E-state index contributed by atoms with van der Waals surface area (Å²) in [7, 11) is 0. The van der Waals surface area contributed by atoms with Crippen molar-refractivity contribution < 1.29 is 9.53 Å². The topological polar surface area (TPSA) is 29.5 Å². The Bertz CT molecular complexity index is 408. The number of nitrogens with zero attached hydrogens (tertiary/aromatic N) is 1. The third kappa shape index (κ3) is 3.99. The Balaban J connectivity index is 2.72. The van der Waals surface area contributed by atoms with Crippen LogP contribution in [-0.4, -0.2) is 30.5 Å². The van der Waals surface area contributed by atoms with Crippen LogP contribution >= 0.6 is 31.9 Å². The van der Waals surface area contributed by atoms with E-state index >= 15 is 0 Å². The summed E-state index contributed by atoms with van der Waals surface area (Å²) < 4.78 is 7.44. The molecule has 1 aromatic carbocycles. The van der Waals surface area contributed by atoms with E-state index in [0.29, 0.717) is 13.1 Å². The molecule has 1 aromatic rings. The van der Waals surface area contributed by atoms with Gasteiger partial charge in [0.15, 0.2) is 6.61 Å². The number of benzene rings is 1. The summed E-state index contributed by atoms with van der Waals surface area (Å²) >= 11 is 6.85. The Morgan fingerprint density at radius 1 is 1.28 bits per heavy atom. The molecule has 1 rings (SSSR count). The lowest BCUT2D eigenvalue weighted by molar-refractivity contribution is -0.132. The van der Waals surface area contributed by atoms with Crippen molar-refractivity contribution in [2.24, 2.45) is 0 Å². The fraction of sp³-hybridized carbons (Fsp3) is 0.462. The van der Waals surface area contributed by atoms with Gasteiger partial charge < -0.3 is 9.64 Å². The maximum Gasteiger partial charge on any atom is 0.260 e. The van der Waals surface area contributed by atoms with E-state index in [9.17, 15) is 4.79 Å². The predicted molar refractivity (Wildman–Crippen MR) is 80.0 cm³/mol. The van der Waals surface area contributed by atoms with E-state index in [1.54, 1.807) is 4.90 Å². The highest BCUT2D eigenvalue weighted by atomic mass is 79.9. The smallest absolute Gasteiger partial charge is 0.260 e. The highest BCUT2D eigenvalue weighted by Gasteiger charge is 2.13. The van der Waals surface area contributed by atoms with Gasteiger partial charge in [-0.2, -0.15) is 0 Å². The third-order valence-electron chi connectivity index (χ3n) is 2.65. The number of hydrogen-bond donors (Lipinski definition) is 0. The molecular weight excluding hydrogens is 362 g/mol. The quantitative estimate of drug-likeness (QED) is 0.780. The number of carbonyl (C=O) groups is 1. The number of amides is 1. The molecule has 100 valence electrons. The van der Waals surface area contributed by atoms with Crippen molar-refractivity contribution in [2.75, 3.05) is 19.7 Å². The lowest BCUT2D eigenvalue weighted by Gasteiger charge is -2.19. The molecule has 0 aromatic heterocycles.